The molecule has 1 aliphatic carbocycles. The van der Waals surface area contributed by atoms with Crippen LogP contribution < -0.4 is 5.32 Å². The molecule has 1 aromatic rings. The van der Waals surface area contributed by atoms with Gasteiger partial charge in [0.25, 0.3) is 5.91 Å². The van der Waals surface area contributed by atoms with Crippen LogP contribution in [0.2, 0.25) is 0 Å². The van der Waals surface area contributed by atoms with Crippen LogP contribution in [0.1, 0.15) is 55.3 Å². The van der Waals surface area contributed by atoms with Crippen molar-refractivity contribution in [3.63, 3.8) is 0 Å². The molecule has 106 valence electrons. The maximum absolute atomic E-state index is 12.4. The number of carbonyl (C=O) groups is 1. The van der Waals surface area contributed by atoms with E-state index < -0.39 is 5.54 Å². The van der Waals surface area contributed by atoms with E-state index in [1.54, 1.807) is 6.07 Å². The Balaban J connectivity index is 2.12. The van der Waals surface area contributed by atoms with Crippen molar-refractivity contribution < 1.29 is 4.79 Å². The molecule has 0 saturated heterocycles. The summed E-state index contributed by atoms with van der Waals surface area (Å²) in [5, 5.41) is 12.5. The molecule has 0 aromatic heterocycles. The highest BCUT2D eigenvalue weighted by Gasteiger charge is 2.32. The van der Waals surface area contributed by atoms with Crippen LogP contribution in [-0.4, -0.2) is 11.4 Å². The third-order valence-corrected chi connectivity index (χ3v) is 4.53. The van der Waals surface area contributed by atoms with Gasteiger partial charge in [0.2, 0.25) is 0 Å². The number of benzene rings is 1. The Hall–Kier alpha value is -1.09. The molecule has 20 heavy (non-hydrogen) atoms. The van der Waals surface area contributed by atoms with Crippen LogP contribution in [-0.2, 0) is 0 Å². The van der Waals surface area contributed by atoms with Gasteiger partial charge >= 0.3 is 0 Å². The Bertz CT molecular complexity index is 513. The predicted molar refractivity (Wildman–Crippen MR) is 87.3 cm³/mol. The Morgan fingerprint density at radius 2 is 1.85 bits per heavy atom. The molecular weight excluding hydrogens is 363 g/mol. The van der Waals surface area contributed by atoms with Crippen LogP contribution in [0.3, 0.4) is 0 Å². The SMILES string of the molecule is N#CC1(NC(=O)c2cccc(I)c2)CCCCCCC1. The lowest BCUT2D eigenvalue weighted by Crippen LogP contribution is -2.47. The molecule has 0 aliphatic heterocycles. The van der Waals surface area contributed by atoms with Crippen molar-refractivity contribution >= 4 is 28.5 Å². The average molecular weight is 382 g/mol. The minimum atomic E-state index is -0.682. The molecule has 0 unspecified atom stereocenters. The van der Waals surface area contributed by atoms with E-state index in [0.717, 1.165) is 42.1 Å². The Morgan fingerprint density at radius 1 is 1.20 bits per heavy atom. The number of hydrogen-bond donors (Lipinski definition) is 1. The van der Waals surface area contributed by atoms with Crippen LogP contribution in [0.25, 0.3) is 0 Å². The molecule has 1 saturated carbocycles. The first kappa shape index (κ1) is 15.3. The highest BCUT2D eigenvalue weighted by molar-refractivity contribution is 14.1. The summed E-state index contributed by atoms with van der Waals surface area (Å²) >= 11 is 2.19. The number of amides is 1. The molecular formula is C16H19IN2O. The third-order valence-electron chi connectivity index (χ3n) is 3.86. The minimum absolute atomic E-state index is 0.134. The molecule has 1 amide bonds. The lowest BCUT2D eigenvalue weighted by atomic mass is 9.85. The first-order chi connectivity index (χ1) is 9.65. The van der Waals surface area contributed by atoms with Gasteiger partial charge in [0.05, 0.1) is 6.07 Å². The van der Waals surface area contributed by atoms with Crippen LogP contribution in [0.15, 0.2) is 24.3 Å². The van der Waals surface area contributed by atoms with Crippen molar-refractivity contribution in [1.82, 2.24) is 5.32 Å². The summed E-state index contributed by atoms with van der Waals surface area (Å²) in [5.41, 5.74) is -0.0488. The van der Waals surface area contributed by atoms with Crippen molar-refractivity contribution in [3.8, 4) is 6.07 Å². The largest absolute Gasteiger partial charge is 0.334 e. The summed E-state index contributed by atoms with van der Waals surface area (Å²) in [6.45, 7) is 0. The molecule has 1 fully saturated rings. The molecule has 0 radical (unpaired) electrons. The molecule has 3 nitrogen and oxygen atoms in total. The van der Waals surface area contributed by atoms with Gasteiger partial charge in [-0.15, -0.1) is 0 Å². The standard InChI is InChI=1S/C16H19IN2O/c17-14-8-6-7-13(11-14)15(20)19-16(12-18)9-4-2-1-3-5-10-16/h6-8,11H,1-5,9-10H2,(H,19,20). The van der Waals surface area contributed by atoms with Crippen molar-refractivity contribution in [2.24, 2.45) is 0 Å². The van der Waals surface area contributed by atoms with E-state index in [1.165, 1.54) is 6.42 Å². The lowest BCUT2D eigenvalue weighted by Gasteiger charge is -2.29. The van der Waals surface area contributed by atoms with Crippen LogP contribution in [0.5, 0.6) is 0 Å². The number of halogens is 1. The van der Waals surface area contributed by atoms with Crippen molar-refractivity contribution in [2.45, 2.75) is 50.5 Å². The number of nitriles is 1. The molecule has 0 spiro atoms. The number of carbonyl (C=O) groups excluding carboxylic acids is 1. The summed E-state index contributed by atoms with van der Waals surface area (Å²) in [4.78, 5) is 12.4. The van der Waals surface area contributed by atoms with Gasteiger partial charge in [-0.2, -0.15) is 5.26 Å². The van der Waals surface area contributed by atoms with Crippen molar-refractivity contribution in [2.75, 3.05) is 0 Å². The van der Waals surface area contributed by atoms with Gasteiger partial charge in [0, 0.05) is 9.13 Å². The molecule has 1 aromatic carbocycles. The van der Waals surface area contributed by atoms with Gasteiger partial charge in [-0.3, -0.25) is 4.79 Å². The van der Waals surface area contributed by atoms with E-state index in [-0.39, 0.29) is 5.91 Å². The predicted octanol–water partition coefficient (Wildman–Crippen LogP) is 4.03. The lowest BCUT2D eigenvalue weighted by molar-refractivity contribution is 0.0907. The van der Waals surface area contributed by atoms with Crippen LogP contribution in [0, 0.1) is 14.9 Å². The second-order valence-corrected chi connectivity index (χ2v) is 6.67. The fourth-order valence-electron chi connectivity index (χ4n) is 2.69. The van der Waals surface area contributed by atoms with E-state index in [1.807, 2.05) is 18.2 Å². The van der Waals surface area contributed by atoms with Crippen molar-refractivity contribution in [1.29, 1.82) is 5.26 Å². The second-order valence-electron chi connectivity index (χ2n) is 5.43. The Morgan fingerprint density at radius 3 is 2.45 bits per heavy atom. The topological polar surface area (TPSA) is 52.9 Å². The maximum atomic E-state index is 12.4. The fourth-order valence-corrected chi connectivity index (χ4v) is 3.24. The highest BCUT2D eigenvalue weighted by Crippen LogP contribution is 2.26. The number of nitrogens with zero attached hydrogens (tertiary/aromatic N) is 1. The minimum Gasteiger partial charge on any atom is -0.334 e. The second kappa shape index (κ2) is 7.07. The van der Waals surface area contributed by atoms with Gasteiger partial charge in [0.15, 0.2) is 0 Å². The zero-order valence-corrected chi connectivity index (χ0v) is 13.7. The van der Waals surface area contributed by atoms with Gasteiger partial charge < -0.3 is 5.32 Å². The molecule has 0 atom stereocenters. The van der Waals surface area contributed by atoms with Crippen molar-refractivity contribution in [3.05, 3.63) is 33.4 Å². The molecule has 0 heterocycles. The van der Waals surface area contributed by atoms with Gasteiger partial charge in [-0.1, -0.05) is 38.2 Å². The quantitative estimate of drug-likeness (QED) is 0.786. The molecule has 1 aliphatic rings. The highest BCUT2D eigenvalue weighted by atomic mass is 127. The molecule has 0 bridgehead atoms. The monoisotopic (exact) mass is 382 g/mol. The van der Waals surface area contributed by atoms with E-state index in [0.29, 0.717) is 5.56 Å². The zero-order chi connectivity index (χ0) is 14.4. The average Bonchev–Trinajstić information content (AvgIpc) is 2.42. The van der Waals surface area contributed by atoms with E-state index in [9.17, 15) is 10.1 Å². The van der Waals surface area contributed by atoms with Gasteiger partial charge in [-0.25, -0.2) is 0 Å². The number of rotatable bonds is 2. The Labute approximate surface area is 133 Å². The summed E-state index contributed by atoms with van der Waals surface area (Å²) < 4.78 is 1.03. The first-order valence-corrected chi connectivity index (χ1v) is 8.22. The van der Waals surface area contributed by atoms with Gasteiger partial charge in [0.1, 0.15) is 5.54 Å². The van der Waals surface area contributed by atoms with Gasteiger partial charge in [-0.05, 0) is 53.6 Å². The Kier molecular flexibility index (Phi) is 5.41. The molecule has 4 heteroatoms. The summed E-state index contributed by atoms with van der Waals surface area (Å²) in [6, 6.07) is 9.84. The summed E-state index contributed by atoms with van der Waals surface area (Å²) in [6.07, 6.45) is 7.11. The maximum Gasteiger partial charge on any atom is 0.252 e. The summed E-state index contributed by atoms with van der Waals surface area (Å²) in [5.74, 6) is -0.134. The normalized spacial score (nSPS) is 18.4. The first-order valence-electron chi connectivity index (χ1n) is 7.15. The van der Waals surface area contributed by atoms with E-state index in [4.69, 9.17) is 0 Å². The van der Waals surface area contributed by atoms with Crippen LogP contribution in [0.4, 0.5) is 0 Å². The fraction of sp³-hybridized carbons (Fsp3) is 0.500. The summed E-state index contributed by atoms with van der Waals surface area (Å²) in [7, 11) is 0. The molecule has 2 rings (SSSR count). The smallest absolute Gasteiger partial charge is 0.252 e. The number of nitrogens with one attached hydrogen (secondary N) is 1. The third kappa shape index (κ3) is 3.95. The molecule has 1 N–H and O–H groups in total. The zero-order valence-electron chi connectivity index (χ0n) is 11.5. The van der Waals surface area contributed by atoms with E-state index >= 15 is 0 Å². The van der Waals surface area contributed by atoms with Crippen LogP contribution >= 0.6 is 22.6 Å². The number of hydrogen-bond acceptors (Lipinski definition) is 2. The van der Waals surface area contributed by atoms with E-state index in [2.05, 4.69) is 34.0 Å².